The van der Waals surface area contributed by atoms with E-state index in [1.165, 1.54) is 4.90 Å². The summed E-state index contributed by atoms with van der Waals surface area (Å²) in [6, 6.07) is 8.81. The van der Waals surface area contributed by atoms with Crippen molar-refractivity contribution in [3.8, 4) is 11.5 Å². The van der Waals surface area contributed by atoms with Gasteiger partial charge in [0, 0.05) is 34.2 Å². The molecule has 1 fully saturated rings. The summed E-state index contributed by atoms with van der Waals surface area (Å²) in [4.78, 5) is 15.5. The molecule has 2 aromatic carbocycles. The lowest BCUT2D eigenvalue weighted by atomic mass is 10.1. The topological polar surface area (TPSA) is 42.0 Å². The number of rotatable bonds is 5. The van der Waals surface area contributed by atoms with E-state index in [2.05, 4.69) is 15.9 Å². The number of hydrogen-bond donors (Lipinski definition) is 0. The quantitative estimate of drug-likeness (QED) is 0.395. The highest BCUT2D eigenvalue weighted by atomic mass is 79.9. The zero-order chi connectivity index (χ0) is 21.3. The molecule has 0 spiro atoms. The number of thiocarbonyl (C=S) groups is 1. The summed E-state index contributed by atoms with van der Waals surface area (Å²) in [6.07, 6.45) is 1.75. The number of carbonyl (C=O) groups excluding carboxylic acids is 1. The minimum Gasteiger partial charge on any atom is -0.493 e. The van der Waals surface area contributed by atoms with Gasteiger partial charge in [0.1, 0.15) is 12.3 Å². The fourth-order valence-corrected chi connectivity index (χ4v) is 3.85. The summed E-state index contributed by atoms with van der Waals surface area (Å²) in [5, 5.41) is 1.54. The Morgan fingerprint density at radius 3 is 2.45 bits per heavy atom. The predicted molar refractivity (Wildman–Crippen MR) is 123 cm³/mol. The maximum Gasteiger partial charge on any atom is 0.276 e. The first kappa shape index (κ1) is 21.9. The lowest BCUT2D eigenvalue weighted by molar-refractivity contribution is -0.121. The van der Waals surface area contributed by atoms with Crippen molar-refractivity contribution in [3.05, 3.63) is 61.7 Å². The Bertz CT molecular complexity index is 1030. The molecular formula is C20H17BrCl2N2O3S. The van der Waals surface area contributed by atoms with Gasteiger partial charge < -0.3 is 14.4 Å². The van der Waals surface area contributed by atoms with E-state index in [1.807, 2.05) is 6.07 Å². The molecule has 0 bridgehead atoms. The Kier molecular flexibility index (Phi) is 6.73. The van der Waals surface area contributed by atoms with Crippen molar-refractivity contribution in [1.29, 1.82) is 0 Å². The first-order chi connectivity index (χ1) is 13.7. The maximum absolute atomic E-state index is 12.4. The van der Waals surface area contributed by atoms with Gasteiger partial charge in [0.15, 0.2) is 16.6 Å². The van der Waals surface area contributed by atoms with Crippen molar-refractivity contribution in [2.75, 3.05) is 21.2 Å². The molecule has 0 aromatic heterocycles. The zero-order valence-corrected chi connectivity index (χ0v) is 19.7. The molecule has 1 aliphatic rings. The molecule has 0 aliphatic carbocycles. The van der Waals surface area contributed by atoms with Gasteiger partial charge in [-0.25, -0.2) is 0 Å². The molecule has 1 saturated heterocycles. The smallest absolute Gasteiger partial charge is 0.276 e. The summed E-state index contributed by atoms with van der Waals surface area (Å²) in [5.41, 5.74) is 2.03. The van der Waals surface area contributed by atoms with Crippen LogP contribution in [-0.2, 0) is 11.4 Å². The fraction of sp³-hybridized carbons (Fsp3) is 0.200. The molecule has 2 aromatic rings. The van der Waals surface area contributed by atoms with Gasteiger partial charge in [-0.15, -0.1) is 0 Å². The van der Waals surface area contributed by atoms with Crippen molar-refractivity contribution in [2.45, 2.75) is 6.61 Å². The summed E-state index contributed by atoms with van der Waals surface area (Å²) in [5.74, 6) is 0.890. The minimum atomic E-state index is -0.166. The van der Waals surface area contributed by atoms with Crippen LogP contribution < -0.4 is 9.47 Å². The maximum atomic E-state index is 12.4. The number of carbonyl (C=O) groups is 1. The van der Waals surface area contributed by atoms with Crippen LogP contribution in [0.15, 0.2) is 40.5 Å². The number of benzene rings is 2. The van der Waals surface area contributed by atoms with Crippen LogP contribution in [0.2, 0.25) is 10.0 Å². The van der Waals surface area contributed by atoms with Crippen molar-refractivity contribution < 1.29 is 14.3 Å². The molecule has 0 unspecified atom stereocenters. The first-order valence-corrected chi connectivity index (χ1v) is 10.4. The average Bonchev–Trinajstić information content (AvgIpc) is 2.86. The molecule has 0 saturated carbocycles. The molecule has 1 aliphatic heterocycles. The second-order valence-electron chi connectivity index (χ2n) is 6.28. The summed E-state index contributed by atoms with van der Waals surface area (Å²) in [6.45, 7) is 0.250. The first-order valence-electron chi connectivity index (χ1n) is 8.44. The van der Waals surface area contributed by atoms with E-state index in [1.54, 1.807) is 56.4 Å². The van der Waals surface area contributed by atoms with Gasteiger partial charge in [-0.1, -0.05) is 45.2 Å². The average molecular weight is 516 g/mol. The molecule has 1 heterocycles. The van der Waals surface area contributed by atoms with E-state index in [0.717, 1.165) is 15.6 Å². The lowest BCUT2D eigenvalue weighted by Crippen LogP contribution is -2.26. The number of likely N-dealkylation sites (N-methyl/N-ethyl adjacent to an activating group) is 2. The zero-order valence-electron chi connectivity index (χ0n) is 15.8. The van der Waals surface area contributed by atoms with E-state index in [9.17, 15) is 4.79 Å². The van der Waals surface area contributed by atoms with Crippen LogP contribution >= 0.6 is 51.3 Å². The van der Waals surface area contributed by atoms with E-state index in [4.69, 9.17) is 44.9 Å². The highest BCUT2D eigenvalue weighted by Gasteiger charge is 2.32. The number of ether oxygens (including phenoxy) is 2. The number of methoxy groups -OCH3 is 1. The molecule has 9 heteroatoms. The molecule has 5 nitrogen and oxygen atoms in total. The Balaban J connectivity index is 1.89. The molecule has 0 N–H and O–H groups in total. The van der Waals surface area contributed by atoms with Crippen molar-refractivity contribution in [3.63, 3.8) is 0 Å². The predicted octanol–water partition coefficient (Wildman–Crippen LogP) is 5.37. The van der Waals surface area contributed by atoms with Crippen molar-refractivity contribution >= 4 is 68.4 Å². The summed E-state index contributed by atoms with van der Waals surface area (Å²) >= 11 is 20.9. The summed E-state index contributed by atoms with van der Waals surface area (Å²) in [7, 11) is 4.96. The molecule has 29 heavy (non-hydrogen) atoms. The van der Waals surface area contributed by atoms with Crippen LogP contribution in [0.25, 0.3) is 6.08 Å². The minimum absolute atomic E-state index is 0.166. The van der Waals surface area contributed by atoms with Gasteiger partial charge >= 0.3 is 0 Å². The second kappa shape index (κ2) is 8.92. The molecular weight excluding hydrogens is 499 g/mol. The molecule has 152 valence electrons. The fourth-order valence-electron chi connectivity index (χ4n) is 2.76. The van der Waals surface area contributed by atoms with Crippen LogP contribution in [0.4, 0.5) is 0 Å². The summed E-state index contributed by atoms with van der Waals surface area (Å²) < 4.78 is 12.1. The van der Waals surface area contributed by atoms with Gasteiger partial charge in [-0.05, 0) is 48.1 Å². The highest BCUT2D eigenvalue weighted by Crippen LogP contribution is 2.36. The molecule has 0 atom stereocenters. The third-order valence-corrected chi connectivity index (χ3v) is 6.25. The van der Waals surface area contributed by atoms with Gasteiger partial charge in [0.25, 0.3) is 5.91 Å². The van der Waals surface area contributed by atoms with Crippen LogP contribution in [0.3, 0.4) is 0 Å². The van der Waals surface area contributed by atoms with Crippen LogP contribution in [0.1, 0.15) is 11.1 Å². The van der Waals surface area contributed by atoms with Crippen LogP contribution in [0, 0.1) is 0 Å². The van der Waals surface area contributed by atoms with Gasteiger partial charge in [-0.2, -0.15) is 0 Å². The Hall–Kier alpha value is -1.80. The Morgan fingerprint density at radius 2 is 1.86 bits per heavy atom. The van der Waals surface area contributed by atoms with Crippen molar-refractivity contribution in [1.82, 2.24) is 9.80 Å². The highest BCUT2D eigenvalue weighted by molar-refractivity contribution is 9.10. The van der Waals surface area contributed by atoms with E-state index in [0.29, 0.717) is 32.4 Å². The third kappa shape index (κ3) is 4.53. The Morgan fingerprint density at radius 1 is 1.14 bits per heavy atom. The Labute approximate surface area is 192 Å². The number of hydrogen-bond acceptors (Lipinski definition) is 4. The number of amides is 1. The molecule has 3 rings (SSSR count). The van der Waals surface area contributed by atoms with Gasteiger partial charge in [-0.3, -0.25) is 9.69 Å². The third-order valence-electron chi connectivity index (χ3n) is 4.43. The largest absolute Gasteiger partial charge is 0.493 e. The standard InChI is InChI=1S/C20H17BrCl2N2O3S/c1-24-16(19(26)25(2)20(24)29)6-12-7-17(27-3)18(9-14(12)21)28-10-11-4-5-13(22)8-15(11)23/h4-9H,10H2,1-3H3/b16-6-. The monoisotopic (exact) mass is 514 g/mol. The van der Waals surface area contributed by atoms with E-state index in [-0.39, 0.29) is 12.5 Å². The SMILES string of the molecule is COc1cc(/C=C2/C(=O)N(C)C(=S)N2C)c(Br)cc1OCc1ccc(Cl)cc1Cl. The van der Waals surface area contributed by atoms with Crippen molar-refractivity contribution in [2.24, 2.45) is 0 Å². The lowest BCUT2D eigenvalue weighted by Gasteiger charge is -2.15. The molecule has 0 radical (unpaired) electrons. The van der Waals surface area contributed by atoms with E-state index >= 15 is 0 Å². The van der Waals surface area contributed by atoms with Gasteiger partial charge in [0.2, 0.25) is 0 Å². The number of halogens is 3. The van der Waals surface area contributed by atoms with Crippen LogP contribution in [0.5, 0.6) is 11.5 Å². The second-order valence-corrected chi connectivity index (χ2v) is 8.35. The normalized spacial score (nSPS) is 15.4. The molecule has 1 amide bonds. The number of nitrogens with zero attached hydrogens (tertiary/aromatic N) is 2. The van der Waals surface area contributed by atoms with Crippen LogP contribution in [-0.4, -0.2) is 42.0 Å². The van der Waals surface area contributed by atoms with E-state index < -0.39 is 0 Å². The van der Waals surface area contributed by atoms with Gasteiger partial charge in [0.05, 0.1) is 7.11 Å².